The molecule has 2 saturated heterocycles. The monoisotopic (exact) mass is 328 g/mol. The lowest BCUT2D eigenvalue weighted by molar-refractivity contribution is 0.226. The lowest BCUT2D eigenvalue weighted by atomic mass is 9.91. The van der Waals surface area contributed by atoms with Crippen LogP contribution >= 0.6 is 11.6 Å². The molecule has 0 radical (unpaired) electrons. The van der Waals surface area contributed by atoms with E-state index in [0.29, 0.717) is 35.0 Å². The molecule has 2 unspecified atom stereocenters. The minimum atomic E-state index is -3.43. The molecule has 0 bridgehead atoms. The van der Waals surface area contributed by atoms with Crippen LogP contribution in [0.1, 0.15) is 25.7 Å². The molecule has 0 aromatic heterocycles. The van der Waals surface area contributed by atoms with Crippen molar-refractivity contribution in [3.8, 4) is 0 Å². The summed E-state index contributed by atoms with van der Waals surface area (Å²) in [4.78, 5) is 0.301. The molecule has 2 fully saturated rings. The van der Waals surface area contributed by atoms with Gasteiger partial charge in [-0.15, -0.1) is 0 Å². The summed E-state index contributed by atoms with van der Waals surface area (Å²) in [5, 5.41) is 3.96. The van der Waals surface area contributed by atoms with Gasteiger partial charge in [-0.2, -0.15) is 4.31 Å². The van der Waals surface area contributed by atoms with Gasteiger partial charge in [0.25, 0.3) is 0 Å². The second kappa shape index (κ2) is 6.24. The fourth-order valence-corrected chi connectivity index (χ4v) is 5.25. The topological polar surface area (TPSA) is 49.4 Å². The molecule has 2 heterocycles. The Morgan fingerprint density at radius 1 is 1.24 bits per heavy atom. The zero-order chi connectivity index (χ0) is 14.9. The van der Waals surface area contributed by atoms with Crippen molar-refractivity contribution < 1.29 is 8.42 Å². The highest BCUT2D eigenvalue weighted by atomic mass is 35.5. The first-order chi connectivity index (χ1) is 10.1. The van der Waals surface area contributed by atoms with Gasteiger partial charge in [0.15, 0.2) is 0 Å². The number of hydrogen-bond acceptors (Lipinski definition) is 3. The van der Waals surface area contributed by atoms with E-state index in [-0.39, 0.29) is 0 Å². The van der Waals surface area contributed by atoms with Crippen molar-refractivity contribution in [3.63, 3.8) is 0 Å². The van der Waals surface area contributed by atoms with E-state index < -0.39 is 10.0 Å². The molecule has 0 aliphatic carbocycles. The summed E-state index contributed by atoms with van der Waals surface area (Å²) in [5.41, 5.74) is 0. The second-order valence-electron chi connectivity index (χ2n) is 5.93. The van der Waals surface area contributed by atoms with Crippen molar-refractivity contribution in [2.75, 3.05) is 19.6 Å². The van der Waals surface area contributed by atoms with Crippen LogP contribution in [-0.2, 0) is 10.0 Å². The summed E-state index contributed by atoms with van der Waals surface area (Å²) in [6.07, 6.45) is 4.40. The van der Waals surface area contributed by atoms with Gasteiger partial charge < -0.3 is 5.32 Å². The van der Waals surface area contributed by atoms with Gasteiger partial charge in [0.1, 0.15) is 0 Å². The molecule has 0 amide bonds. The normalized spacial score (nSPS) is 27.9. The van der Waals surface area contributed by atoms with E-state index in [1.54, 1.807) is 22.5 Å². The van der Waals surface area contributed by atoms with Crippen LogP contribution < -0.4 is 5.32 Å². The number of hydrogen-bond donors (Lipinski definition) is 1. The SMILES string of the molecule is O=S(=O)(c1cccc(Cl)c1)N1CCCC(C2CCCN2)C1. The Labute approximate surface area is 131 Å². The maximum Gasteiger partial charge on any atom is 0.243 e. The van der Waals surface area contributed by atoms with Gasteiger partial charge >= 0.3 is 0 Å². The van der Waals surface area contributed by atoms with Crippen molar-refractivity contribution in [2.24, 2.45) is 5.92 Å². The standard InChI is InChI=1S/C15H21ClN2O2S/c16-13-5-1-6-14(10-13)21(19,20)18-9-3-4-12(11-18)15-7-2-8-17-15/h1,5-6,10,12,15,17H,2-4,7-9,11H2. The molecule has 0 spiro atoms. The van der Waals surface area contributed by atoms with Crippen LogP contribution in [0.2, 0.25) is 5.02 Å². The van der Waals surface area contributed by atoms with Crippen LogP contribution in [0.4, 0.5) is 0 Å². The van der Waals surface area contributed by atoms with E-state index in [0.717, 1.165) is 25.8 Å². The highest BCUT2D eigenvalue weighted by Crippen LogP contribution is 2.29. The summed E-state index contributed by atoms with van der Waals surface area (Å²) in [7, 11) is -3.43. The molecule has 2 aliphatic heterocycles. The second-order valence-corrected chi connectivity index (χ2v) is 8.30. The minimum Gasteiger partial charge on any atom is -0.314 e. The van der Waals surface area contributed by atoms with Gasteiger partial charge in [-0.1, -0.05) is 17.7 Å². The highest BCUT2D eigenvalue weighted by molar-refractivity contribution is 7.89. The third kappa shape index (κ3) is 3.26. The van der Waals surface area contributed by atoms with E-state index in [1.807, 2.05) is 0 Å². The maximum atomic E-state index is 12.7. The largest absolute Gasteiger partial charge is 0.314 e. The summed E-state index contributed by atoms with van der Waals surface area (Å²) in [6, 6.07) is 7.02. The Hall–Kier alpha value is -0.620. The van der Waals surface area contributed by atoms with Gasteiger partial charge in [-0.25, -0.2) is 8.42 Å². The first-order valence-electron chi connectivity index (χ1n) is 7.56. The average Bonchev–Trinajstić information content (AvgIpc) is 3.02. The third-order valence-corrected chi connectivity index (χ3v) is 6.62. The van der Waals surface area contributed by atoms with E-state index in [4.69, 9.17) is 11.6 Å². The lowest BCUT2D eigenvalue weighted by Gasteiger charge is -2.35. The Morgan fingerprint density at radius 2 is 2.10 bits per heavy atom. The molecule has 1 aromatic rings. The van der Waals surface area contributed by atoms with E-state index in [1.165, 1.54) is 12.5 Å². The molecule has 116 valence electrons. The van der Waals surface area contributed by atoms with Gasteiger partial charge in [-0.3, -0.25) is 0 Å². The van der Waals surface area contributed by atoms with Crippen molar-refractivity contribution in [2.45, 2.75) is 36.6 Å². The predicted molar refractivity (Wildman–Crippen MR) is 84.0 cm³/mol. The maximum absolute atomic E-state index is 12.7. The first kappa shape index (κ1) is 15.3. The molecule has 1 N–H and O–H groups in total. The van der Waals surface area contributed by atoms with Crippen LogP contribution in [0, 0.1) is 5.92 Å². The Kier molecular flexibility index (Phi) is 4.54. The predicted octanol–water partition coefficient (Wildman–Crippen LogP) is 2.49. The quantitative estimate of drug-likeness (QED) is 0.927. The number of piperidine rings is 1. The van der Waals surface area contributed by atoms with Gasteiger partial charge in [-0.05, 0) is 56.3 Å². The highest BCUT2D eigenvalue weighted by Gasteiger charge is 2.34. The Morgan fingerprint density at radius 3 is 2.81 bits per heavy atom. The lowest BCUT2D eigenvalue weighted by Crippen LogP contribution is -2.45. The van der Waals surface area contributed by atoms with E-state index in [2.05, 4.69) is 5.32 Å². The Bertz CT molecular complexity index is 599. The average molecular weight is 329 g/mol. The van der Waals surface area contributed by atoms with E-state index in [9.17, 15) is 8.42 Å². The van der Waals surface area contributed by atoms with Crippen molar-refractivity contribution in [1.82, 2.24) is 9.62 Å². The molecular weight excluding hydrogens is 308 g/mol. The van der Waals surface area contributed by atoms with Crippen LogP contribution in [0.25, 0.3) is 0 Å². The zero-order valence-corrected chi connectivity index (χ0v) is 13.5. The van der Waals surface area contributed by atoms with Gasteiger partial charge in [0.05, 0.1) is 4.90 Å². The number of sulfonamides is 1. The minimum absolute atomic E-state index is 0.301. The fraction of sp³-hybridized carbons (Fsp3) is 0.600. The zero-order valence-electron chi connectivity index (χ0n) is 12.0. The molecule has 2 aliphatic rings. The van der Waals surface area contributed by atoms with Crippen molar-refractivity contribution >= 4 is 21.6 Å². The molecule has 21 heavy (non-hydrogen) atoms. The van der Waals surface area contributed by atoms with Crippen molar-refractivity contribution in [1.29, 1.82) is 0 Å². The first-order valence-corrected chi connectivity index (χ1v) is 9.38. The summed E-state index contributed by atoms with van der Waals surface area (Å²) >= 11 is 5.93. The molecule has 2 atom stereocenters. The molecule has 3 rings (SSSR count). The number of benzene rings is 1. The summed E-state index contributed by atoms with van der Waals surface area (Å²) in [5.74, 6) is 0.426. The third-order valence-electron chi connectivity index (χ3n) is 4.52. The van der Waals surface area contributed by atoms with Gasteiger partial charge in [0.2, 0.25) is 10.0 Å². The van der Waals surface area contributed by atoms with Crippen LogP contribution in [0.5, 0.6) is 0 Å². The van der Waals surface area contributed by atoms with E-state index >= 15 is 0 Å². The fourth-order valence-electron chi connectivity index (χ4n) is 3.41. The number of rotatable bonds is 3. The molecule has 1 aromatic carbocycles. The summed E-state index contributed by atoms with van der Waals surface area (Å²) in [6.45, 7) is 2.28. The molecule has 0 saturated carbocycles. The van der Waals surface area contributed by atoms with Crippen LogP contribution in [0.15, 0.2) is 29.2 Å². The number of halogens is 1. The molecule has 6 heteroatoms. The van der Waals surface area contributed by atoms with Crippen LogP contribution in [0.3, 0.4) is 0 Å². The smallest absolute Gasteiger partial charge is 0.243 e. The molecular formula is C15H21ClN2O2S. The van der Waals surface area contributed by atoms with Crippen LogP contribution in [-0.4, -0.2) is 38.4 Å². The van der Waals surface area contributed by atoms with Gasteiger partial charge in [0, 0.05) is 24.2 Å². The molecule has 4 nitrogen and oxygen atoms in total. The van der Waals surface area contributed by atoms with Crippen molar-refractivity contribution in [3.05, 3.63) is 29.3 Å². The Balaban J connectivity index is 1.78. The number of nitrogens with zero attached hydrogens (tertiary/aromatic N) is 1. The summed E-state index contributed by atoms with van der Waals surface area (Å²) < 4.78 is 27.1. The number of nitrogens with one attached hydrogen (secondary N) is 1.